The normalized spacial score (nSPS) is 12.7. The largest absolute Gasteiger partial charge is 0.454 e. The molecule has 0 atom stereocenters. The maximum absolute atomic E-state index is 12.0. The van der Waals surface area contributed by atoms with Crippen molar-refractivity contribution in [2.75, 3.05) is 20.2 Å². The third kappa shape index (κ3) is 3.51. The Morgan fingerprint density at radius 3 is 2.17 bits per heavy atom. The number of fused-ring (bicyclic) bond motifs is 1. The first-order valence-corrected chi connectivity index (χ1v) is 6.56. The molecule has 1 aliphatic heterocycles. The lowest BCUT2D eigenvalue weighted by Gasteiger charge is -2.12. The molecule has 1 heterocycles. The van der Waals surface area contributed by atoms with Gasteiger partial charge in [0.25, 0.3) is 17.7 Å². The number of hydrogen-bond acceptors (Lipinski definition) is 6. The van der Waals surface area contributed by atoms with E-state index in [1.54, 1.807) is 12.1 Å². The molecule has 23 heavy (non-hydrogen) atoms. The number of urea groups is 1. The summed E-state index contributed by atoms with van der Waals surface area (Å²) in [4.78, 5) is 58.6. The van der Waals surface area contributed by atoms with Gasteiger partial charge in [-0.1, -0.05) is 12.1 Å². The van der Waals surface area contributed by atoms with Crippen LogP contribution < -0.4 is 10.6 Å². The molecule has 9 nitrogen and oxygen atoms in total. The van der Waals surface area contributed by atoms with Gasteiger partial charge in [0.1, 0.15) is 6.54 Å². The third-order valence-electron chi connectivity index (χ3n) is 3.01. The summed E-state index contributed by atoms with van der Waals surface area (Å²) in [5.41, 5.74) is 0.422. The minimum Gasteiger partial charge on any atom is -0.454 e. The summed E-state index contributed by atoms with van der Waals surface area (Å²) >= 11 is 0. The number of esters is 1. The van der Waals surface area contributed by atoms with Gasteiger partial charge in [0.2, 0.25) is 0 Å². The van der Waals surface area contributed by atoms with E-state index in [1.807, 2.05) is 5.32 Å². The Hall–Kier alpha value is -3.23. The zero-order valence-corrected chi connectivity index (χ0v) is 12.1. The zero-order chi connectivity index (χ0) is 17.0. The van der Waals surface area contributed by atoms with Crippen LogP contribution in [0.2, 0.25) is 0 Å². The van der Waals surface area contributed by atoms with Crippen LogP contribution in [0.4, 0.5) is 4.79 Å². The molecule has 0 saturated carbocycles. The molecule has 120 valence electrons. The van der Waals surface area contributed by atoms with Crippen molar-refractivity contribution in [3.8, 4) is 0 Å². The Morgan fingerprint density at radius 2 is 1.65 bits per heavy atom. The first kappa shape index (κ1) is 16.1. The maximum atomic E-state index is 12.0. The second kappa shape index (κ2) is 6.69. The van der Waals surface area contributed by atoms with Crippen LogP contribution in [0.3, 0.4) is 0 Å². The number of nitrogens with zero attached hydrogens (tertiary/aromatic N) is 1. The number of amides is 5. The Bertz CT molecular complexity index is 665. The molecule has 0 radical (unpaired) electrons. The third-order valence-corrected chi connectivity index (χ3v) is 3.01. The molecule has 0 spiro atoms. The van der Waals surface area contributed by atoms with Gasteiger partial charge in [0.15, 0.2) is 6.61 Å². The van der Waals surface area contributed by atoms with Gasteiger partial charge in [-0.2, -0.15) is 0 Å². The molecule has 2 N–H and O–H groups in total. The summed E-state index contributed by atoms with van der Waals surface area (Å²) in [6.45, 7) is -1.31. The Morgan fingerprint density at radius 1 is 1.09 bits per heavy atom. The fraction of sp³-hybridized carbons (Fsp3) is 0.214. The van der Waals surface area contributed by atoms with Gasteiger partial charge in [-0.15, -0.1) is 0 Å². The molecular weight excluding hydrogens is 306 g/mol. The molecule has 0 unspecified atom stereocenters. The smallest absolute Gasteiger partial charge is 0.326 e. The van der Waals surface area contributed by atoms with E-state index >= 15 is 0 Å². The summed E-state index contributed by atoms with van der Waals surface area (Å²) in [7, 11) is 1.32. The fourth-order valence-electron chi connectivity index (χ4n) is 1.93. The minimum atomic E-state index is -0.938. The number of benzene rings is 1. The average molecular weight is 319 g/mol. The second-order valence-corrected chi connectivity index (χ2v) is 4.53. The van der Waals surface area contributed by atoms with Gasteiger partial charge in [-0.3, -0.25) is 29.4 Å². The number of nitrogens with one attached hydrogen (secondary N) is 2. The molecule has 0 fully saturated rings. The molecule has 1 aromatic carbocycles. The fourth-order valence-corrected chi connectivity index (χ4v) is 1.93. The van der Waals surface area contributed by atoms with Crippen LogP contribution in [0.1, 0.15) is 20.7 Å². The van der Waals surface area contributed by atoms with E-state index in [9.17, 15) is 24.0 Å². The van der Waals surface area contributed by atoms with Gasteiger partial charge in [0, 0.05) is 7.05 Å². The van der Waals surface area contributed by atoms with Crippen molar-refractivity contribution in [1.82, 2.24) is 15.5 Å². The first-order valence-electron chi connectivity index (χ1n) is 6.56. The van der Waals surface area contributed by atoms with Gasteiger partial charge in [-0.05, 0) is 12.1 Å². The minimum absolute atomic E-state index is 0.211. The number of carbonyl (C=O) groups excluding carboxylic acids is 5. The van der Waals surface area contributed by atoms with Crippen LogP contribution in [0, 0.1) is 0 Å². The van der Waals surface area contributed by atoms with E-state index in [1.165, 1.54) is 19.2 Å². The van der Waals surface area contributed by atoms with Crippen molar-refractivity contribution >= 4 is 29.7 Å². The number of carbonyl (C=O) groups is 5. The highest BCUT2D eigenvalue weighted by Crippen LogP contribution is 2.21. The van der Waals surface area contributed by atoms with Crippen molar-refractivity contribution in [3.05, 3.63) is 35.4 Å². The van der Waals surface area contributed by atoms with Crippen LogP contribution in [0.15, 0.2) is 24.3 Å². The van der Waals surface area contributed by atoms with Gasteiger partial charge in [-0.25, -0.2) is 4.79 Å². The lowest BCUT2D eigenvalue weighted by Crippen LogP contribution is -2.41. The van der Waals surface area contributed by atoms with E-state index in [0.29, 0.717) is 0 Å². The quantitative estimate of drug-likeness (QED) is 0.558. The summed E-state index contributed by atoms with van der Waals surface area (Å²) in [6.07, 6.45) is 0. The van der Waals surface area contributed by atoms with Crippen molar-refractivity contribution in [1.29, 1.82) is 0 Å². The van der Waals surface area contributed by atoms with Crippen molar-refractivity contribution in [3.63, 3.8) is 0 Å². The summed E-state index contributed by atoms with van der Waals surface area (Å²) < 4.78 is 4.63. The highest BCUT2D eigenvalue weighted by atomic mass is 16.5. The molecule has 2 rings (SSSR count). The number of hydrogen-bond donors (Lipinski definition) is 2. The molecule has 1 aromatic rings. The van der Waals surface area contributed by atoms with E-state index in [4.69, 9.17) is 0 Å². The predicted molar refractivity (Wildman–Crippen MR) is 75.4 cm³/mol. The lowest BCUT2D eigenvalue weighted by molar-refractivity contribution is -0.148. The van der Waals surface area contributed by atoms with Crippen LogP contribution >= 0.6 is 0 Å². The molecule has 9 heteroatoms. The Kier molecular flexibility index (Phi) is 4.69. The number of ether oxygens (including phenoxy) is 1. The molecule has 0 saturated heterocycles. The monoisotopic (exact) mass is 319 g/mol. The molecular formula is C14H13N3O6. The summed E-state index contributed by atoms with van der Waals surface area (Å²) in [6, 6.07) is 5.44. The standard InChI is InChI=1S/C14H13N3O6/c1-15-14(22)16-10(18)7-23-11(19)6-17-12(20)8-4-2-3-5-9(8)13(17)21/h2-5H,6-7H2,1H3,(H2,15,16,18,22). The number of imide groups is 2. The highest BCUT2D eigenvalue weighted by molar-refractivity contribution is 6.22. The lowest BCUT2D eigenvalue weighted by atomic mass is 10.1. The van der Waals surface area contributed by atoms with Gasteiger partial charge in [0.05, 0.1) is 11.1 Å². The van der Waals surface area contributed by atoms with Crippen LogP contribution in [-0.4, -0.2) is 54.8 Å². The Balaban J connectivity index is 1.90. The average Bonchev–Trinajstić information content (AvgIpc) is 2.78. The zero-order valence-electron chi connectivity index (χ0n) is 12.1. The van der Waals surface area contributed by atoms with E-state index in [-0.39, 0.29) is 11.1 Å². The summed E-state index contributed by atoms with van der Waals surface area (Å²) in [5.74, 6) is -2.97. The van der Waals surface area contributed by atoms with Crippen LogP contribution in [-0.2, 0) is 14.3 Å². The maximum Gasteiger partial charge on any atom is 0.326 e. The van der Waals surface area contributed by atoms with E-state index < -0.39 is 42.9 Å². The molecule has 5 amide bonds. The number of rotatable bonds is 4. The van der Waals surface area contributed by atoms with Crippen molar-refractivity contribution in [2.24, 2.45) is 0 Å². The Labute approximate surface area is 130 Å². The SMILES string of the molecule is CNC(=O)NC(=O)COC(=O)CN1C(=O)c2ccccc2C1=O. The van der Waals surface area contributed by atoms with E-state index in [0.717, 1.165) is 4.90 Å². The van der Waals surface area contributed by atoms with E-state index in [2.05, 4.69) is 10.1 Å². The molecule has 0 bridgehead atoms. The highest BCUT2D eigenvalue weighted by Gasteiger charge is 2.36. The molecule has 1 aliphatic rings. The van der Waals surface area contributed by atoms with Crippen molar-refractivity contribution < 1.29 is 28.7 Å². The van der Waals surface area contributed by atoms with Gasteiger partial charge < -0.3 is 10.1 Å². The first-order chi connectivity index (χ1) is 10.9. The van der Waals surface area contributed by atoms with Crippen molar-refractivity contribution in [2.45, 2.75) is 0 Å². The van der Waals surface area contributed by atoms with Crippen LogP contribution in [0.5, 0.6) is 0 Å². The summed E-state index contributed by atoms with van der Waals surface area (Å²) in [5, 5.41) is 4.05. The second-order valence-electron chi connectivity index (χ2n) is 4.53. The predicted octanol–water partition coefficient (Wildman–Crippen LogP) is -0.719. The molecule has 0 aliphatic carbocycles. The topological polar surface area (TPSA) is 122 Å². The molecule has 0 aromatic heterocycles. The van der Waals surface area contributed by atoms with Gasteiger partial charge >= 0.3 is 12.0 Å². The van der Waals surface area contributed by atoms with Crippen LogP contribution in [0.25, 0.3) is 0 Å².